The Morgan fingerprint density at radius 2 is 2.17 bits per heavy atom. The highest BCUT2D eigenvalue weighted by Gasteiger charge is 2.16. The highest BCUT2D eigenvalue weighted by Crippen LogP contribution is 2.17. The second-order valence-corrected chi connectivity index (χ2v) is 4.77. The van der Waals surface area contributed by atoms with E-state index in [1.54, 1.807) is 35.7 Å². The number of imidazole rings is 1. The third-order valence-electron chi connectivity index (χ3n) is 2.64. The van der Waals surface area contributed by atoms with Gasteiger partial charge in [-0.15, -0.1) is 11.3 Å². The van der Waals surface area contributed by atoms with Gasteiger partial charge in [0.25, 0.3) is 5.91 Å². The third-order valence-corrected chi connectivity index (χ3v) is 3.50. The van der Waals surface area contributed by atoms with Gasteiger partial charge in [-0.05, 0) is 29.6 Å². The Kier molecular flexibility index (Phi) is 2.31. The number of nitrogens with two attached hydrogens (primary N) is 1. The summed E-state index contributed by atoms with van der Waals surface area (Å²) in [6, 6.07) is 8.43. The maximum absolute atomic E-state index is 12.2. The van der Waals surface area contributed by atoms with Gasteiger partial charge in [0.1, 0.15) is 0 Å². The second-order valence-electron chi connectivity index (χ2n) is 3.82. The quantitative estimate of drug-likeness (QED) is 0.652. The van der Waals surface area contributed by atoms with Crippen LogP contribution in [0.5, 0.6) is 0 Å². The molecule has 6 heteroatoms. The molecular weight excluding hydrogens is 250 g/mol. The van der Waals surface area contributed by atoms with E-state index >= 15 is 0 Å². The van der Waals surface area contributed by atoms with Gasteiger partial charge in [-0.2, -0.15) is 0 Å². The highest BCUT2D eigenvalue weighted by atomic mass is 32.1. The van der Waals surface area contributed by atoms with E-state index in [1.807, 2.05) is 0 Å². The molecule has 0 aliphatic heterocycles. The number of hydrogen-bond acceptors (Lipinski definition) is 4. The van der Waals surface area contributed by atoms with Crippen molar-refractivity contribution >= 4 is 34.0 Å². The molecule has 0 radical (unpaired) electrons. The van der Waals surface area contributed by atoms with Crippen LogP contribution in [-0.2, 0) is 0 Å². The number of nitrogens with zero attached hydrogens (tertiary/aromatic N) is 1. The first kappa shape index (κ1) is 10.8. The van der Waals surface area contributed by atoms with Crippen LogP contribution in [0, 0.1) is 0 Å². The lowest BCUT2D eigenvalue weighted by molar-refractivity contribution is 0.0965. The zero-order valence-electron chi connectivity index (χ0n) is 9.21. The van der Waals surface area contributed by atoms with Crippen LogP contribution in [0.1, 0.15) is 9.67 Å². The normalized spacial score (nSPS) is 10.9. The molecule has 2 heterocycles. The van der Waals surface area contributed by atoms with Gasteiger partial charge < -0.3 is 10.7 Å². The van der Waals surface area contributed by atoms with Gasteiger partial charge in [0.15, 0.2) is 0 Å². The molecule has 0 saturated carbocycles. The van der Waals surface area contributed by atoms with Crippen molar-refractivity contribution in [2.75, 3.05) is 5.73 Å². The molecule has 3 rings (SSSR count). The number of nitrogen functional groups attached to an aromatic ring is 1. The predicted molar refractivity (Wildman–Crippen MR) is 71.0 cm³/mol. The molecule has 0 bridgehead atoms. The molecule has 3 N–H and O–H groups in total. The summed E-state index contributed by atoms with van der Waals surface area (Å²) in [4.78, 5) is 27.2. The van der Waals surface area contributed by atoms with Gasteiger partial charge in [0, 0.05) is 5.69 Å². The Morgan fingerprint density at radius 3 is 2.89 bits per heavy atom. The van der Waals surface area contributed by atoms with Gasteiger partial charge in [-0.1, -0.05) is 6.07 Å². The van der Waals surface area contributed by atoms with E-state index in [0.29, 0.717) is 21.6 Å². The minimum absolute atomic E-state index is 0.341. The second kappa shape index (κ2) is 3.85. The first-order valence-corrected chi connectivity index (χ1v) is 6.13. The lowest BCUT2D eigenvalue weighted by Gasteiger charge is -2.00. The maximum Gasteiger partial charge on any atom is 0.333 e. The number of nitrogens with one attached hydrogen (secondary N) is 1. The fourth-order valence-corrected chi connectivity index (χ4v) is 2.48. The summed E-state index contributed by atoms with van der Waals surface area (Å²) in [5, 5.41) is 1.79. The first-order valence-electron chi connectivity index (χ1n) is 5.25. The van der Waals surface area contributed by atoms with Crippen molar-refractivity contribution in [3.8, 4) is 0 Å². The zero-order chi connectivity index (χ0) is 12.7. The number of aromatic nitrogens is 2. The molecule has 3 aromatic rings. The Balaban J connectivity index is 2.29. The summed E-state index contributed by atoms with van der Waals surface area (Å²) < 4.78 is 1.11. The molecule has 2 aromatic heterocycles. The van der Waals surface area contributed by atoms with E-state index in [9.17, 15) is 9.59 Å². The molecule has 1 aromatic carbocycles. The van der Waals surface area contributed by atoms with Gasteiger partial charge in [0.2, 0.25) is 0 Å². The van der Waals surface area contributed by atoms with Gasteiger partial charge in [-0.25, -0.2) is 9.36 Å². The largest absolute Gasteiger partial charge is 0.399 e. The Morgan fingerprint density at radius 1 is 1.33 bits per heavy atom. The van der Waals surface area contributed by atoms with E-state index in [1.165, 1.54) is 11.3 Å². The van der Waals surface area contributed by atoms with Crippen molar-refractivity contribution < 1.29 is 4.79 Å². The van der Waals surface area contributed by atoms with Gasteiger partial charge >= 0.3 is 5.69 Å². The van der Waals surface area contributed by atoms with Crippen molar-refractivity contribution in [3.63, 3.8) is 0 Å². The monoisotopic (exact) mass is 259 g/mol. The molecule has 0 amide bonds. The minimum Gasteiger partial charge on any atom is -0.399 e. The number of H-pyrrole nitrogens is 1. The number of hydrogen-bond donors (Lipinski definition) is 2. The fraction of sp³-hybridized carbons (Fsp3) is 0. The Hall–Kier alpha value is -2.34. The first-order chi connectivity index (χ1) is 8.66. The van der Waals surface area contributed by atoms with E-state index in [-0.39, 0.29) is 5.91 Å². The van der Waals surface area contributed by atoms with Crippen molar-refractivity contribution in [2.45, 2.75) is 0 Å². The number of fused-ring (bicyclic) bond motifs is 1. The molecule has 18 heavy (non-hydrogen) atoms. The summed E-state index contributed by atoms with van der Waals surface area (Å²) >= 11 is 1.30. The van der Waals surface area contributed by atoms with Crippen molar-refractivity contribution in [2.24, 2.45) is 0 Å². The predicted octanol–water partition coefficient (Wildman–Crippen LogP) is 1.66. The van der Waals surface area contributed by atoms with Crippen LogP contribution in [0.2, 0.25) is 0 Å². The molecule has 0 aliphatic carbocycles. The third kappa shape index (κ3) is 1.54. The summed E-state index contributed by atoms with van der Waals surface area (Å²) in [6.07, 6.45) is 0. The number of benzene rings is 1. The highest BCUT2D eigenvalue weighted by molar-refractivity contribution is 7.12. The summed E-state index contributed by atoms with van der Waals surface area (Å²) in [5.41, 5.74) is 6.84. The summed E-state index contributed by atoms with van der Waals surface area (Å²) in [5.74, 6) is -0.341. The average molecular weight is 259 g/mol. The number of anilines is 1. The van der Waals surface area contributed by atoms with Crippen LogP contribution in [0.25, 0.3) is 11.0 Å². The summed E-state index contributed by atoms with van der Waals surface area (Å²) in [6.45, 7) is 0. The van der Waals surface area contributed by atoms with E-state index < -0.39 is 5.69 Å². The van der Waals surface area contributed by atoms with E-state index in [4.69, 9.17) is 5.73 Å². The number of rotatable bonds is 1. The molecule has 0 atom stereocenters. The maximum atomic E-state index is 12.2. The standard InChI is InChI=1S/C12H9N3O2S/c13-7-3-4-8-9(6-7)15(12(17)14-8)11(16)10-2-1-5-18-10/h1-6H,13H2,(H,14,17). The van der Waals surface area contributed by atoms with Crippen LogP contribution < -0.4 is 11.4 Å². The van der Waals surface area contributed by atoms with Crippen molar-refractivity contribution in [1.29, 1.82) is 0 Å². The molecule has 0 aliphatic rings. The topological polar surface area (TPSA) is 80.9 Å². The lowest BCUT2D eigenvalue weighted by atomic mass is 10.3. The summed E-state index contributed by atoms with van der Waals surface area (Å²) in [7, 11) is 0. The number of thiophene rings is 1. The van der Waals surface area contributed by atoms with Gasteiger partial charge in [-0.3, -0.25) is 4.79 Å². The smallest absolute Gasteiger partial charge is 0.333 e. The van der Waals surface area contributed by atoms with Crippen molar-refractivity contribution in [1.82, 2.24) is 9.55 Å². The van der Waals surface area contributed by atoms with E-state index in [0.717, 1.165) is 4.57 Å². The minimum atomic E-state index is -0.450. The number of aromatic amines is 1. The molecule has 0 fully saturated rings. The van der Waals surface area contributed by atoms with Crippen LogP contribution in [0.15, 0.2) is 40.5 Å². The van der Waals surface area contributed by atoms with Crippen LogP contribution in [-0.4, -0.2) is 15.5 Å². The molecule has 0 saturated heterocycles. The molecule has 0 spiro atoms. The molecule has 5 nitrogen and oxygen atoms in total. The van der Waals surface area contributed by atoms with Crippen LogP contribution in [0.3, 0.4) is 0 Å². The number of carbonyl (C=O) groups excluding carboxylic acids is 1. The fourth-order valence-electron chi connectivity index (χ4n) is 1.83. The molecule has 90 valence electrons. The average Bonchev–Trinajstić information content (AvgIpc) is 2.94. The molecular formula is C12H9N3O2S. The van der Waals surface area contributed by atoms with Crippen LogP contribution in [0.4, 0.5) is 5.69 Å². The van der Waals surface area contributed by atoms with Gasteiger partial charge in [0.05, 0.1) is 15.9 Å². The number of carbonyl (C=O) groups is 1. The lowest BCUT2D eigenvalue weighted by Crippen LogP contribution is -2.24. The van der Waals surface area contributed by atoms with Crippen LogP contribution >= 0.6 is 11.3 Å². The van der Waals surface area contributed by atoms with E-state index in [2.05, 4.69) is 4.98 Å². The van der Waals surface area contributed by atoms with Crippen molar-refractivity contribution in [3.05, 3.63) is 51.1 Å². The Bertz CT molecular complexity index is 783. The SMILES string of the molecule is Nc1ccc2[nH]c(=O)n(C(=O)c3cccs3)c2c1. The Labute approximate surface area is 105 Å². The molecule has 0 unspecified atom stereocenters. The zero-order valence-corrected chi connectivity index (χ0v) is 10.0.